The minimum absolute atomic E-state index is 0.0895. The Morgan fingerprint density at radius 3 is 2.35 bits per heavy atom. The van der Waals surface area contributed by atoms with Crippen molar-refractivity contribution in [2.75, 3.05) is 4.90 Å². The summed E-state index contributed by atoms with van der Waals surface area (Å²) in [4.78, 5) is 17.1. The summed E-state index contributed by atoms with van der Waals surface area (Å²) in [6, 6.07) is 22.7. The van der Waals surface area contributed by atoms with E-state index in [0.29, 0.717) is 34.8 Å². The molecule has 6 heteroatoms. The summed E-state index contributed by atoms with van der Waals surface area (Å²) in [6.07, 6.45) is 1.13. The number of benzene rings is 3. The molecule has 0 saturated heterocycles. The molecule has 204 valence electrons. The molecule has 2 aliphatic rings. The van der Waals surface area contributed by atoms with E-state index in [4.69, 9.17) is 17.3 Å². The lowest BCUT2D eigenvalue weighted by atomic mass is 9.68. The van der Waals surface area contributed by atoms with Gasteiger partial charge in [-0.15, -0.1) is 11.8 Å². The van der Waals surface area contributed by atoms with Gasteiger partial charge in [-0.25, -0.2) is 0 Å². The fraction of sp³-hybridized carbons (Fsp3) is 0.294. The lowest BCUT2D eigenvalue weighted by Crippen LogP contribution is -2.42. The molecule has 0 bridgehead atoms. The number of carbonyl (C=O) groups is 1. The fourth-order valence-electron chi connectivity index (χ4n) is 5.91. The molecule has 3 aromatic rings. The molecule has 2 N–H and O–H groups in total. The Labute approximate surface area is 246 Å². The van der Waals surface area contributed by atoms with E-state index in [1.807, 2.05) is 60.4 Å². The third-order valence-electron chi connectivity index (χ3n) is 7.89. The Kier molecular flexibility index (Phi) is 7.61. The van der Waals surface area contributed by atoms with Crippen LogP contribution < -0.4 is 10.6 Å². The SMILES string of the molecule is Cc1ccc(N2C(N)=C(C#N)C(c3cc(C)cc(CSc4ccc(Cl)cc4)c3C)C3=C2CC(C)(C)CC3=O)cc1. The Morgan fingerprint density at radius 2 is 1.70 bits per heavy atom. The number of Topliss-reactive ketones (excluding diaryl/α,β-unsaturated/α-hetero) is 1. The average molecular weight is 568 g/mol. The van der Waals surface area contributed by atoms with Gasteiger partial charge in [0.15, 0.2) is 5.78 Å². The number of nitrogens with two attached hydrogens (primary N) is 1. The number of thioether (sulfide) groups is 1. The van der Waals surface area contributed by atoms with Gasteiger partial charge in [0.2, 0.25) is 0 Å². The molecule has 1 atom stereocenters. The lowest BCUT2D eigenvalue weighted by molar-refractivity contribution is -0.118. The van der Waals surface area contributed by atoms with Gasteiger partial charge in [0.05, 0.1) is 17.6 Å². The van der Waals surface area contributed by atoms with Gasteiger partial charge >= 0.3 is 0 Å². The molecule has 1 unspecified atom stereocenters. The Morgan fingerprint density at radius 1 is 1.02 bits per heavy atom. The molecule has 0 fully saturated rings. The molecule has 0 spiro atoms. The number of nitrogens with zero attached hydrogens (tertiary/aromatic N) is 2. The standard InChI is InChI=1S/C34H34ClN3OS/c1-20-6-10-25(11-7-20)38-29-16-34(4,5)17-30(39)32(29)31(28(18-36)33(38)37)27-15-21(2)14-23(22(27)3)19-40-26-12-8-24(35)9-13-26/h6-15,31H,16-17,19,37H2,1-5H3. The van der Waals surface area contributed by atoms with Crippen LogP contribution in [0.5, 0.6) is 0 Å². The second-order valence-corrected chi connectivity index (χ2v) is 13.2. The first-order valence-electron chi connectivity index (χ1n) is 13.5. The van der Waals surface area contributed by atoms with E-state index < -0.39 is 5.92 Å². The molecular formula is C34H34ClN3OS. The number of nitriles is 1. The van der Waals surface area contributed by atoms with Crippen LogP contribution in [0.3, 0.4) is 0 Å². The van der Waals surface area contributed by atoms with Crippen LogP contribution in [0.25, 0.3) is 0 Å². The molecule has 0 amide bonds. The Bertz CT molecular complexity index is 1590. The van der Waals surface area contributed by atoms with E-state index in [-0.39, 0.29) is 11.2 Å². The van der Waals surface area contributed by atoms with Crippen molar-refractivity contribution in [3.05, 3.63) is 116 Å². The molecule has 0 saturated carbocycles. The van der Waals surface area contributed by atoms with Crippen molar-refractivity contribution in [3.63, 3.8) is 0 Å². The normalized spacial score (nSPS) is 18.6. The molecule has 0 radical (unpaired) electrons. The number of halogens is 1. The van der Waals surface area contributed by atoms with E-state index in [2.05, 4.69) is 45.9 Å². The highest BCUT2D eigenvalue weighted by molar-refractivity contribution is 7.98. The molecule has 0 aromatic heterocycles. The second kappa shape index (κ2) is 10.8. The highest BCUT2D eigenvalue weighted by Gasteiger charge is 2.45. The second-order valence-electron chi connectivity index (χ2n) is 11.7. The number of allylic oxidation sites excluding steroid dienone is 3. The summed E-state index contributed by atoms with van der Waals surface area (Å²) >= 11 is 7.82. The topological polar surface area (TPSA) is 70.1 Å². The third kappa shape index (κ3) is 5.31. The van der Waals surface area contributed by atoms with Crippen LogP contribution in [0.15, 0.2) is 88.2 Å². The first-order chi connectivity index (χ1) is 19.0. The molecule has 1 heterocycles. The van der Waals surface area contributed by atoms with Crippen molar-refractivity contribution < 1.29 is 4.79 Å². The van der Waals surface area contributed by atoms with Crippen molar-refractivity contribution in [1.29, 1.82) is 5.26 Å². The van der Waals surface area contributed by atoms with Gasteiger partial charge in [-0.3, -0.25) is 9.69 Å². The zero-order chi connectivity index (χ0) is 28.8. The van der Waals surface area contributed by atoms with Crippen molar-refractivity contribution in [1.82, 2.24) is 0 Å². The monoisotopic (exact) mass is 567 g/mol. The summed E-state index contributed by atoms with van der Waals surface area (Å²) in [6.45, 7) is 10.5. The van der Waals surface area contributed by atoms with Crippen LogP contribution in [0.2, 0.25) is 5.02 Å². The van der Waals surface area contributed by atoms with E-state index in [0.717, 1.165) is 44.3 Å². The average Bonchev–Trinajstić information content (AvgIpc) is 2.89. The van der Waals surface area contributed by atoms with Crippen molar-refractivity contribution in [3.8, 4) is 6.07 Å². The summed E-state index contributed by atoms with van der Waals surface area (Å²) < 4.78 is 0. The van der Waals surface area contributed by atoms with Crippen LogP contribution in [0.1, 0.15) is 60.4 Å². The van der Waals surface area contributed by atoms with Crippen molar-refractivity contribution in [2.45, 2.75) is 64.0 Å². The van der Waals surface area contributed by atoms with Crippen LogP contribution >= 0.6 is 23.4 Å². The number of aryl methyl sites for hydroxylation is 2. The van der Waals surface area contributed by atoms with E-state index in [1.54, 1.807) is 11.8 Å². The van der Waals surface area contributed by atoms with Gasteiger partial charge < -0.3 is 5.73 Å². The maximum absolute atomic E-state index is 14.0. The number of hydrogen-bond acceptors (Lipinski definition) is 5. The Balaban J connectivity index is 1.66. The zero-order valence-electron chi connectivity index (χ0n) is 23.6. The van der Waals surface area contributed by atoms with Crippen LogP contribution in [-0.4, -0.2) is 5.78 Å². The predicted molar refractivity (Wildman–Crippen MR) is 165 cm³/mol. The van der Waals surface area contributed by atoms with Gasteiger partial charge in [-0.05, 0) is 85.7 Å². The molecule has 3 aromatic carbocycles. The summed E-state index contributed by atoms with van der Waals surface area (Å²) in [5, 5.41) is 11.2. The molecular weight excluding hydrogens is 534 g/mol. The largest absolute Gasteiger partial charge is 0.384 e. The number of carbonyl (C=O) groups excluding carboxylic acids is 1. The van der Waals surface area contributed by atoms with Gasteiger partial charge in [-0.1, -0.05) is 60.8 Å². The summed E-state index contributed by atoms with van der Waals surface area (Å²) in [5.74, 6) is 0.757. The Hall–Kier alpha value is -3.46. The van der Waals surface area contributed by atoms with Crippen LogP contribution in [0.4, 0.5) is 5.69 Å². The van der Waals surface area contributed by atoms with E-state index in [1.165, 1.54) is 5.56 Å². The molecule has 4 nitrogen and oxygen atoms in total. The number of ketones is 1. The van der Waals surface area contributed by atoms with Crippen LogP contribution in [0, 0.1) is 37.5 Å². The van der Waals surface area contributed by atoms with Gasteiger partial charge in [-0.2, -0.15) is 5.26 Å². The van der Waals surface area contributed by atoms with Crippen LogP contribution in [-0.2, 0) is 10.5 Å². The number of hydrogen-bond donors (Lipinski definition) is 1. The van der Waals surface area contributed by atoms with Gasteiger partial charge in [0.1, 0.15) is 5.82 Å². The summed E-state index contributed by atoms with van der Waals surface area (Å²) in [7, 11) is 0. The quantitative estimate of drug-likeness (QED) is 0.313. The highest BCUT2D eigenvalue weighted by atomic mass is 35.5. The first-order valence-corrected chi connectivity index (χ1v) is 14.9. The highest BCUT2D eigenvalue weighted by Crippen LogP contribution is 2.51. The maximum Gasteiger partial charge on any atom is 0.162 e. The predicted octanol–water partition coefficient (Wildman–Crippen LogP) is 8.50. The summed E-state index contributed by atoms with van der Waals surface area (Å²) in [5.41, 5.74) is 15.0. The number of rotatable bonds is 5. The smallest absolute Gasteiger partial charge is 0.162 e. The maximum atomic E-state index is 14.0. The minimum Gasteiger partial charge on any atom is -0.384 e. The van der Waals surface area contributed by atoms with Crippen molar-refractivity contribution in [2.24, 2.45) is 11.1 Å². The third-order valence-corrected chi connectivity index (χ3v) is 9.20. The number of anilines is 1. The van der Waals surface area contributed by atoms with Crippen molar-refractivity contribution >= 4 is 34.8 Å². The minimum atomic E-state index is -0.496. The van der Waals surface area contributed by atoms with Gasteiger partial charge in [0.25, 0.3) is 0 Å². The van der Waals surface area contributed by atoms with E-state index >= 15 is 0 Å². The molecule has 5 rings (SSSR count). The zero-order valence-corrected chi connectivity index (χ0v) is 25.2. The van der Waals surface area contributed by atoms with Gasteiger partial charge in [0, 0.05) is 39.0 Å². The molecule has 1 aliphatic carbocycles. The first kappa shape index (κ1) is 28.1. The molecule has 40 heavy (non-hydrogen) atoms. The lowest BCUT2D eigenvalue weighted by Gasteiger charge is -2.44. The van der Waals surface area contributed by atoms with E-state index in [9.17, 15) is 10.1 Å². The molecule has 1 aliphatic heterocycles. The fourth-order valence-corrected chi connectivity index (χ4v) is 6.99.